The highest BCUT2D eigenvalue weighted by molar-refractivity contribution is 7.11. The van der Waals surface area contributed by atoms with Gasteiger partial charge in [0.25, 0.3) is 0 Å². The summed E-state index contributed by atoms with van der Waals surface area (Å²) in [5, 5.41) is 4.82. The summed E-state index contributed by atoms with van der Waals surface area (Å²) in [6.45, 7) is 10.8. The summed E-state index contributed by atoms with van der Waals surface area (Å²) >= 11 is 1.79. The van der Waals surface area contributed by atoms with Crippen LogP contribution in [0.15, 0.2) is 24.3 Å². The number of nitrogens with zero attached hydrogens (tertiary/aromatic N) is 1. The van der Waals surface area contributed by atoms with Crippen molar-refractivity contribution in [3.8, 4) is 0 Å². The Kier molecular flexibility index (Phi) is 4.95. The van der Waals surface area contributed by atoms with Gasteiger partial charge in [-0.15, -0.1) is 11.3 Å². The van der Waals surface area contributed by atoms with Crippen LogP contribution < -0.4 is 5.32 Å². The summed E-state index contributed by atoms with van der Waals surface area (Å²) in [7, 11) is 0. The molecule has 0 aliphatic rings. The lowest BCUT2D eigenvalue weighted by molar-refractivity contribution is 0.498. The average Bonchev–Trinajstić information content (AvgIpc) is 2.78. The summed E-state index contributed by atoms with van der Waals surface area (Å²) in [6.07, 6.45) is 1.10. The SMILES string of the molecule is CCc1ccc(C(C)NC(C)c2sc(C)nc2C)cc1. The van der Waals surface area contributed by atoms with Crippen molar-refractivity contribution < 1.29 is 0 Å². The zero-order valence-corrected chi connectivity index (χ0v) is 13.8. The van der Waals surface area contributed by atoms with Crippen LogP contribution in [0.2, 0.25) is 0 Å². The van der Waals surface area contributed by atoms with E-state index in [2.05, 4.69) is 69.2 Å². The summed E-state index contributed by atoms with van der Waals surface area (Å²) in [6, 6.07) is 9.59. The Labute approximate surface area is 126 Å². The van der Waals surface area contributed by atoms with E-state index < -0.39 is 0 Å². The van der Waals surface area contributed by atoms with E-state index in [-0.39, 0.29) is 0 Å². The number of benzene rings is 1. The fraction of sp³-hybridized carbons (Fsp3) is 0.471. The van der Waals surface area contributed by atoms with Gasteiger partial charge in [0.15, 0.2) is 0 Å². The van der Waals surface area contributed by atoms with Crippen LogP contribution in [0.3, 0.4) is 0 Å². The molecule has 2 nitrogen and oxygen atoms in total. The van der Waals surface area contributed by atoms with Crippen molar-refractivity contribution in [1.29, 1.82) is 0 Å². The van der Waals surface area contributed by atoms with Crippen molar-refractivity contribution in [2.24, 2.45) is 0 Å². The highest BCUT2D eigenvalue weighted by atomic mass is 32.1. The van der Waals surface area contributed by atoms with Crippen molar-refractivity contribution >= 4 is 11.3 Å². The lowest BCUT2D eigenvalue weighted by Gasteiger charge is -2.20. The molecule has 0 bridgehead atoms. The van der Waals surface area contributed by atoms with Gasteiger partial charge in [0.2, 0.25) is 0 Å². The first kappa shape index (κ1) is 15.2. The lowest BCUT2D eigenvalue weighted by Crippen LogP contribution is -2.22. The largest absolute Gasteiger partial charge is 0.303 e. The third-order valence-corrected chi connectivity index (χ3v) is 4.98. The molecule has 0 amide bonds. The molecule has 0 aliphatic heterocycles. The van der Waals surface area contributed by atoms with Crippen LogP contribution in [-0.2, 0) is 6.42 Å². The van der Waals surface area contributed by atoms with E-state index >= 15 is 0 Å². The van der Waals surface area contributed by atoms with E-state index in [1.54, 1.807) is 11.3 Å². The molecule has 0 radical (unpaired) electrons. The van der Waals surface area contributed by atoms with Crippen LogP contribution in [0.25, 0.3) is 0 Å². The van der Waals surface area contributed by atoms with Gasteiger partial charge in [-0.3, -0.25) is 0 Å². The first-order valence-electron chi connectivity index (χ1n) is 7.30. The molecule has 1 heterocycles. The fourth-order valence-corrected chi connectivity index (χ4v) is 3.48. The van der Waals surface area contributed by atoms with Gasteiger partial charge >= 0.3 is 0 Å². The fourth-order valence-electron chi connectivity index (χ4n) is 2.54. The van der Waals surface area contributed by atoms with Gasteiger partial charge in [-0.25, -0.2) is 4.98 Å². The Bertz CT molecular complexity index is 557. The van der Waals surface area contributed by atoms with E-state index in [0.29, 0.717) is 12.1 Å². The van der Waals surface area contributed by atoms with Gasteiger partial charge in [0.05, 0.1) is 10.7 Å². The van der Waals surface area contributed by atoms with Crippen molar-refractivity contribution in [3.05, 3.63) is 51.0 Å². The van der Waals surface area contributed by atoms with Crippen LogP contribution in [0.4, 0.5) is 0 Å². The Morgan fingerprint density at radius 3 is 2.25 bits per heavy atom. The molecule has 1 N–H and O–H groups in total. The smallest absolute Gasteiger partial charge is 0.0900 e. The predicted molar refractivity (Wildman–Crippen MR) is 87.4 cm³/mol. The maximum Gasteiger partial charge on any atom is 0.0900 e. The van der Waals surface area contributed by atoms with Crippen molar-refractivity contribution in [2.75, 3.05) is 0 Å². The van der Waals surface area contributed by atoms with Gasteiger partial charge in [-0.05, 0) is 45.2 Å². The van der Waals surface area contributed by atoms with Crippen molar-refractivity contribution in [1.82, 2.24) is 10.3 Å². The van der Waals surface area contributed by atoms with Gasteiger partial charge < -0.3 is 5.32 Å². The van der Waals surface area contributed by atoms with E-state index in [1.807, 2.05) is 0 Å². The van der Waals surface area contributed by atoms with Gasteiger partial charge in [-0.1, -0.05) is 31.2 Å². The number of hydrogen-bond acceptors (Lipinski definition) is 3. The molecule has 2 rings (SSSR count). The maximum absolute atomic E-state index is 4.51. The highest BCUT2D eigenvalue weighted by Crippen LogP contribution is 2.27. The third-order valence-electron chi connectivity index (χ3n) is 3.72. The highest BCUT2D eigenvalue weighted by Gasteiger charge is 2.15. The summed E-state index contributed by atoms with van der Waals surface area (Å²) in [5.74, 6) is 0. The number of aryl methyl sites for hydroxylation is 3. The molecule has 0 saturated heterocycles. The van der Waals surface area contributed by atoms with Crippen LogP contribution in [0.1, 0.15) is 59.6 Å². The minimum Gasteiger partial charge on any atom is -0.303 e. The standard InChI is InChI=1S/C17H24N2S/c1-6-15-7-9-16(10-8-15)11(2)18-12(3)17-13(4)19-14(5)20-17/h7-12,18H,6H2,1-5H3. The molecule has 3 heteroatoms. The van der Waals surface area contributed by atoms with Crippen molar-refractivity contribution in [3.63, 3.8) is 0 Å². The van der Waals surface area contributed by atoms with E-state index in [9.17, 15) is 0 Å². The molecule has 1 aromatic carbocycles. The topological polar surface area (TPSA) is 24.9 Å². The second-order valence-corrected chi connectivity index (χ2v) is 6.62. The summed E-state index contributed by atoms with van der Waals surface area (Å²) in [4.78, 5) is 5.86. The molecule has 20 heavy (non-hydrogen) atoms. The average molecular weight is 288 g/mol. The van der Waals surface area contributed by atoms with Gasteiger partial charge in [0, 0.05) is 17.0 Å². The minimum atomic E-state index is 0.335. The first-order valence-corrected chi connectivity index (χ1v) is 8.11. The molecule has 2 unspecified atom stereocenters. The Balaban J connectivity index is 2.06. The molecule has 0 fully saturated rings. The van der Waals surface area contributed by atoms with E-state index in [1.165, 1.54) is 16.0 Å². The molecule has 2 atom stereocenters. The molecule has 2 aromatic rings. The van der Waals surface area contributed by atoms with Crippen LogP contribution in [-0.4, -0.2) is 4.98 Å². The first-order chi connectivity index (χ1) is 9.51. The molecular formula is C17H24N2S. The molecule has 0 spiro atoms. The molecular weight excluding hydrogens is 264 g/mol. The van der Waals surface area contributed by atoms with Crippen LogP contribution in [0, 0.1) is 13.8 Å². The van der Waals surface area contributed by atoms with E-state index in [4.69, 9.17) is 0 Å². The van der Waals surface area contributed by atoms with E-state index in [0.717, 1.165) is 17.1 Å². The monoisotopic (exact) mass is 288 g/mol. The molecule has 0 aliphatic carbocycles. The maximum atomic E-state index is 4.51. The Morgan fingerprint density at radius 2 is 1.75 bits per heavy atom. The number of thiazole rings is 1. The molecule has 1 aromatic heterocycles. The molecule has 0 saturated carbocycles. The number of nitrogens with one attached hydrogen (secondary N) is 1. The number of aromatic nitrogens is 1. The summed E-state index contributed by atoms with van der Waals surface area (Å²) < 4.78 is 0. The van der Waals surface area contributed by atoms with Gasteiger partial charge in [0.1, 0.15) is 0 Å². The number of hydrogen-bond donors (Lipinski definition) is 1. The normalized spacial score (nSPS) is 14.2. The summed E-state index contributed by atoms with van der Waals surface area (Å²) in [5.41, 5.74) is 3.89. The van der Waals surface area contributed by atoms with Crippen LogP contribution >= 0.6 is 11.3 Å². The zero-order chi connectivity index (χ0) is 14.7. The lowest BCUT2D eigenvalue weighted by atomic mass is 10.0. The predicted octanol–water partition coefficient (Wildman–Crippen LogP) is 4.73. The Hall–Kier alpha value is -1.19. The van der Waals surface area contributed by atoms with Gasteiger partial charge in [-0.2, -0.15) is 0 Å². The molecule has 108 valence electrons. The quantitative estimate of drug-likeness (QED) is 0.860. The number of rotatable bonds is 5. The minimum absolute atomic E-state index is 0.335. The Morgan fingerprint density at radius 1 is 1.10 bits per heavy atom. The van der Waals surface area contributed by atoms with Crippen LogP contribution in [0.5, 0.6) is 0 Å². The zero-order valence-electron chi connectivity index (χ0n) is 13.0. The third kappa shape index (κ3) is 3.47. The second kappa shape index (κ2) is 6.51. The van der Waals surface area contributed by atoms with Crippen molar-refractivity contribution in [2.45, 2.75) is 53.1 Å². The second-order valence-electron chi connectivity index (χ2n) is 5.39.